The van der Waals surface area contributed by atoms with E-state index < -0.39 is 0 Å². The number of allylic oxidation sites excluding steroid dienone is 1. The molecule has 0 heterocycles. The quantitative estimate of drug-likeness (QED) is 0.0819. The van der Waals surface area contributed by atoms with Gasteiger partial charge in [-0.1, -0.05) is 144 Å². The molecule has 0 aliphatic heterocycles. The van der Waals surface area contributed by atoms with Crippen molar-refractivity contribution in [1.29, 1.82) is 0 Å². The second-order valence-corrected chi connectivity index (χ2v) is 20.3. The van der Waals surface area contributed by atoms with Crippen LogP contribution in [0, 0.1) is 57.2 Å². The van der Waals surface area contributed by atoms with E-state index in [-0.39, 0.29) is 17.5 Å². The van der Waals surface area contributed by atoms with E-state index >= 15 is 0 Å². The predicted molar refractivity (Wildman–Crippen MR) is 209 cm³/mol. The minimum atomic E-state index is 0.0531. The summed E-state index contributed by atoms with van der Waals surface area (Å²) >= 11 is 0. The fourth-order valence-electron chi connectivity index (χ4n) is 14.2. The molecule has 0 radical (unpaired) electrons. The first-order valence-corrected chi connectivity index (χ1v) is 22.2. The lowest BCUT2D eigenvalue weighted by molar-refractivity contribution is -0.222. The van der Waals surface area contributed by atoms with E-state index in [4.69, 9.17) is 4.74 Å². The van der Waals surface area contributed by atoms with Crippen molar-refractivity contribution >= 4 is 5.97 Å². The van der Waals surface area contributed by atoms with Gasteiger partial charge >= 0.3 is 5.97 Å². The zero-order chi connectivity index (χ0) is 35.3. The number of unbranched alkanes of at least 4 members (excludes halogenated alkanes) is 14. The Hall–Kier alpha value is -0.790. The molecule has 2 nitrogen and oxygen atoms in total. The molecule has 0 spiro atoms. The van der Waals surface area contributed by atoms with Crippen LogP contribution in [0.25, 0.3) is 0 Å². The van der Waals surface area contributed by atoms with Crippen molar-refractivity contribution in [2.75, 3.05) is 0 Å². The summed E-state index contributed by atoms with van der Waals surface area (Å²) in [6.45, 7) is 22.2. The summed E-state index contributed by atoms with van der Waals surface area (Å²) in [5.41, 5.74) is 2.89. The van der Waals surface area contributed by atoms with E-state index in [0.717, 1.165) is 42.4 Å². The van der Waals surface area contributed by atoms with Gasteiger partial charge in [-0.15, -0.1) is 0 Å². The second kappa shape index (κ2) is 16.9. The number of ether oxygens (including phenoxy) is 1. The Morgan fingerprint density at radius 1 is 0.633 bits per heavy atom. The van der Waals surface area contributed by atoms with Crippen LogP contribution in [0.1, 0.15) is 215 Å². The monoisotopic (exact) mass is 679 g/mol. The van der Waals surface area contributed by atoms with E-state index in [2.05, 4.69) is 55.0 Å². The fourth-order valence-corrected chi connectivity index (χ4v) is 14.2. The van der Waals surface area contributed by atoms with Crippen molar-refractivity contribution in [3.8, 4) is 0 Å². The number of carbonyl (C=O) groups is 1. The maximum atomic E-state index is 13.2. The number of esters is 1. The molecule has 5 rings (SSSR count). The molecule has 10 atom stereocenters. The first kappa shape index (κ1) is 39.4. The van der Waals surface area contributed by atoms with Crippen LogP contribution in [-0.2, 0) is 9.53 Å². The molecule has 0 saturated heterocycles. The average Bonchev–Trinajstić information content (AvgIpc) is 3.42. The zero-order valence-electron chi connectivity index (χ0n) is 33.9. The topological polar surface area (TPSA) is 26.3 Å². The molecular weight excluding hydrogens is 597 g/mol. The molecule has 0 aromatic carbocycles. The van der Waals surface area contributed by atoms with E-state index in [1.165, 1.54) is 153 Å². The van der Waals surface area contributed by atoms with Gasteiger partial charge in [0.25, 0.3) is 0 Å². The molecular formula is C47H82O2. The molecule has 5 aliphatic carbocycles. The Morgan fingerprint density at radius 2 is 1.18 bits per heavy atom. The third-order valence-electron chi connectivity index (χ3n) is 16.8. The molecule has 0 aromatic rings. The number of hydrogen-bond acceptors (Lipinski definition) is 2. The van der Waals surface area contributed by atoms with Crippen LogP contribution in [0.2, 0.25) is 0 Å². The third kappa shape index (κ3) is 8.40. The smallest absolute Gasteiger partial charge is 0.306 e. The van der Waals surface area contributed by atoms with Gasteiger partial charge in [-0.2, -0.15) is 0 Å². The normalized spacial score (nSPS) is 39.4. The Bertz CT molecular complexity index is 1070. The SMILES string of the molecule is C=C(C)C1CCC2(C)CCC3C(CCC4C3(C)CCC3C(C)(C)C(OC(=O)CCCCCCCCCCCCCCCCC)CCC34C)C12. The molecule has 5 saturated carbocycles. The summed E-state index contributed by atoms with van der Waals surface area (Å²) in [6.07, 6.45) is 34.6. The van der Waals surface area contributed by atoms with Crippen LogP contribution in [-0.4, -0.2) is 12.1 Å². The number of fused-ring (bicyclic) bond motifs is 7. The minimum absolute atomic E-state index is 0.0531. The highest BCUT2D eigenvalue weighted by Gasteiger charge is 2.67. The van der Waals surface area contributed by atoms with E-state index in [0.29, 0.717) is 28.6 Å². The fraction of sp³-hybridized carbons (Fsp3) is 0.936. The lowest BCUT2D eigenvalue weighted by Gasteiger charge is -2.69. The van der Waals surface area contributed by atoms with Crippen molar-refractivity contribution in [1.82, 2.24) is 0 Å². The summed E-state index contributed by atoms with van der Waals surface area (Å²) in [5, 5.41) is 0. The van der Waals surface area contributed by atoms with Gasteiger partial charge in [0, 0.05) is 11.8 Å². The molecule has 0 aromatic heterocycles. The van der Waals surface area contributed by atoms with Gasteiger partial charge in [0.05, 0.1) is 0 Å². The standard InChI is InChI=1S/C47H82O2/c1-9-10-11-12-13-14-15-16-17-18-19-20-21-22-23-24-42(48)49-41-30-34-47(8)39(44(41,4)5)29-33-46(7)38-28-32-45(6)31-27-36(35(2)3)43(45)37(38)25-26-40(46)47/h36-41,43H,2,9-34H2,1,3-8H3. The van der Waals surface area contributed by atoms with Gasteiger partial charge in [-0.05, 0) is 129 Å². The minimum Gasteiger partial charge on any atom is -0.462 e. The summed E-state index contributed by atoms with van der Waals surface area (Å²) < 4.78 is 6.41. The number of hydrogen-bond donors (Lipinski definition) is 0. The van der Waals surface area contributed by atoms with Crippen LogP contribution in [0.3, 0.4) is 0 Å². The third-order valence-corrected chi connectivity index (χ3v) is 16.8. The average molecular weight is 679 g/mol. The van der Waals surface area contributed by atoms with E-state index in [1.807, 2.05) is 0 Å². The molecule has 10 unspecified atom stereocenters. The van der Waals surface area contributed by atoms with Gasteiger partial charge in [0.15, 0.2) is 0 Å². The van der Waals surface area contributed by atoms with Crippen molar-refractivity contribution < 1.29 is 9.53 Å². The highest BCUT2D eigenvalue weighted by Crippen LogP contribution is 2.73. The molecule has 0 amide bonds. The van der Waals surface area contributed by atoms with Crippen LogP contribution in [0.4, 0.5) is 0 Å². The summed E-state index contributed by atoms with van der Waals surface area (Å²) in [4.78, 5) is 13.2. The Labute approximate surface area is 305 Å². The van der Waals surface area contributed by atoms with Gasteiger partial charge in [0.1, 0.15) is 6.10 Å². The number of rotatable bonds is 18. The molecule has 0 bridgehead atoms. The van der Waals surface area contributed by atoms with Crippen molar-refractivity contribution in [2.45, 2.75) is 222 Å². The van der Waals surface area contributed by atoms with Gasteiger partial charge < -0.3 is 4.74 Å². The van der Waals surface area contributed by atoms with Gasteiger partial charge in [-0.25, -0.2) is 0 Å². The zero-order valence-corrected chi connectivity index (χ0v) is 33.9. The predicted octanol–water partition coefficient (Wildman–Crippen LogP) is 14.4. The van der Waals surface area contributed by atoms with Crippen molar-refractivity contribution in [3.63, 3.8) is 0 Å². The van der Waals surface area contributed by atoms with Crippen molar-refractivity contribution in [3.05, 3.63) is 12.2 Å². The first-order chi connectivity index (χ1) is 23.4. The molecule has 2 heteroatoms. The van der Waals surface area contributed by atoms with Crippen LogP contribution >= 0.6 is 0 Å². The second-order valence-electron chi connectivity index (χ2n) is 20.3. The lowest BCUT2D eigenvalue weighted by atomic mass is 9.36. The van der Waals surface area contributed by atoms with Crippen LogP contribution in [0.5, 0.6) is 0 Å². The Morgan fingerprint density at radius 3 is 1.78 bits per heavy atom. The molecule has 5 aliphatic rings. The summed E-state index contributed by atoms with van der Waals surface area (Å²) in [5.74, 6) is 4.93. The molecule has 49 heavy (non-hydrogen) atoms. The summed E-state index contributed by atoms with van der Waals surface area (Å²) in [7, 11) is 0. The molecule has 5 fully saturated rings. The van der Waals surface area contributed by atoms with E-state index in [1.54, 1.807) is 0 Å². The van der Waals surface area contributed by atoms with Crippen molar-refractivity contribution in [2.24, 2.45) is 57.2 Å². The highest BCUT2D eigenvalue weighted by atomic mass is 16.5. The van der Waals surface area contributed by atoms with E-state index in [9.17, 15) is 4.79 Å². The first-order valence-electron chi connectivity index (χ1n) is 22.2. The van der Waals surface area contributed by atoms with Gasteiger partial charge in [-0.3, -0.25) is 4.79 Å². The van der Waals surface area contributed by atoms with Crippen LogP contribution in [0.15, 0.2) is 12.2 Å². The molecule has 0 N–H and O–H groups in total. The highest BCUT2D eigenvalue weighted by molar-refractivity contribution is 5.69. The van der Waals surface area contributed by atoms with Gasteiger partial charge in [0.2, 0.25) is 0 Å². The summed E-state index contributed by atoms with van der Waals surface area (Å²) in [6, 6.07) is 0. The lowest BCUT2D eigenvalue weighted by Crippen LogP contribution is -2.63. The largest absolute Gasteiger partial charge is 0.462 e. The van der Waals surface area contributed by atoms with Crippen LogP contribution < -0.4 is 0 Å². The Kier molecular flexibility index (Phi) is 13.6. The number of carbonyl (C=O) groups excluding carboxylic acids is 1. The maximum absolute atomic E-state index is 13.2. The Balaban J connectivity index is 1.04. The maximum Gasteiger partial charge on any atom is 0.306 e. The molecule has 282 valence electrons.